The second kappa shape index (κ2) is 7.53. The first-order valence-corrected chi connectivity index (χ1v) is 10.0. The highest BCUT2D eigenvalue weighted by molar-refractivity contribution is 7.80. The molecule has 5 heteroatoms. The summed E-state index contributed by atoms with van der Waals surface area (Å²) >= 11 is 5.79. The van der Waals surface area contributed by atoms with E-state index in [1.807, 2.05) is 42.6 Å². The van der Waals surface area contributed by atoms with Gasteiger partial charge in [-0.3, -0.25) is 4.98 Å². The largest absolute Gasteiger partial charge is 0.351 e. The maximum atomic E-state index is 5.79. The number of pyridine rings is 1. The Hall–Kier alpha value is -3.44. The third-order valence-corrected chi connectivity index (χ3v) is 5.56. The predicted octanol–water partition coefficient (Wildman–Crippen LogP) is 5.05. The van der Waals surface area contributed by atoms with Gasteiger partial charge in [-0.05, 0) is 60.7 Å². The van der Waals surface area contributed by atoms with Crippen LogP contribution in [0.4, 0.5) is 5.69 Å². The number of rotatable bonds is 4. The summed E-state index contributed by atoms with van der Waals surface area (Å²) < 4.78 is 2.23. The molecule has 0 spiro atoms. The molecular weight excluding hydrogens is 376 g/mol. The number of nitrogens with one attached hydrogen (secondary N) is 1. The Morgan fingerprint density at radius 2 is 1.45 bits per heavy atom. The van der Waals surface area contributed by atoms with E-state index in [0.717, 1.165) is 22.8 Å². The van der Waals surface area contributed by atoms with Gasteiger partial charge in [0.2, 0.25) is 0 Å². The molecule has 29 heavy (non-hydrogen) atoms. The fraction of sp³-hybridized carbons (Fsp3) is 0.0833. The van der Waals surface area contributed by atoms with Crippen LogP contribution >= 0.6 is 12.2 Å². The van der Waals surface area contributed by atoms with Gasteiger partial charge in [-0.25, -0.2) is 0 Å². The van der Waals surface area contributed by atoms with Crippen LogP contribution in [0.2, 0.25) is 0 Å². The van der Waals surface area contributed by atoms with E-state index >= 15 is 0 Å². The van der Waals surface area contributed by atoms with Gasteiger partial charge in [0.25, 0.3) is 0 Å². The van der Waals surface area contributed by atoms with Crippen LogP contribution < -0.4 is 10.2 Å². The van der Waals surface area contributed by atoms with E-state index in [1.165, 1.54) is 0 Å². The molecule has 4 nitrogen and oxygen atoms in total. The minimum Gasteiger partial charge on any atom is -0.351 e. The molecule has 0 aliphatic carbocycles. The topological polar surface area (TPSA) is 33.1 Å². The van der Waals surface area contributed by atoms with Crippen molar-refractivity contribution >= 4 is 23.0 Å². The Bertz CT molecular complexity index is 1110. The fourth-order valence-electron chi connectivity index (χ4n) is 3.98. The summed E-state index contributed by atoms with van der Waals surface area (Å²) in [5, 5.41) is 4.22. The van der Waals surface area contributed by atoms with Gasteiger partial charge in [0.05, 0.1) is 11.7 Å². The van der Waals surface area contributed by atoms with Gasteiger partial charge in [0.1, 0.15) is 6.04 Å². The van der Waals surface area contributed by atoms with Gasteiger partial charge in [0, 0.05) is 29.5 Å². The number of thiocarbonyl (C=S) groups is 1. The van der Waals surface area contributed by atoms with Crippen molar-refractivity contribution in [3.8, 4) is 5.69 Å². The van der Waals surface area contributed by atoms with Crippen LogP contribution in [0.3, 0.4) is 0 Å². The average molecular weight is 397 g/mol. The lowest BCUT2D eigenvalue weighted by molar-refractivity contribution is 0.549. The smallest absolute Gasteiger partial charge is 0.174 e. The molecule has 1 aliphatic rings. The highest BCUT2D eigenvalue weighted by atomic mass is 32.1. The summed E-state index contributed by atoms with van der Waals surface area (Å²) in [5.74, 6) is 0. The summed E-state index contributed by atoms with van der Waals surface area (Å²) in [5.41, 5.74) is 4.31. The van der Waals surface area contributed by atoms with Crippen LogP contribution in [-0.4, -0.2) is 14.7 Å². The van der Waals surface area contributed by atoms with Gasteiger partial charge in [-0.2, -0.15) is 0 Å². The zero-order chi connectivity index (χ0) is 19.6. The lowest BCUT2D eigenvalue weighted by Crippen LogP contribution is -2.30. The van der Waals surface area contributed by atoms with Crippen molar-refractivity contribution < 1.29 is 0 Å². The van der Waals surface area contributed by atoms with Crippen LogP contribution in [0.15, 0.2) is 103 Å². The average Bonchev–Trinajstić information content (AvgIpc) is 3.40. The molecule has 1 saturated heterocycles. The quantitative estimate of drug-likeness (QED) is 0.490. The summed E-state index contributed by atoms with van der Waals surface area (Å²) in [6, 6.07) is 30.9. The highest BCUT2D eigenvalue weighted by Gasteiger charge is 2.42. The SMILES string of the molecule is S=C1N[C@@H](c2ccccn2)[C@@H](c2cccn2-c2ccccc2)N1c1ccccc1. The first-order valence-electron chi connectivity index (χ1n) is 9.61. The maximum absolute atomic E-state index is 5.79. The van der Waals surface area contributed by atoms with Crippen LogP contribution in [0, 0.1) is 0 Å². The molecule has 1 N–H and O–H groups in total. The molecule has 2 atom stereocenters. The lowest BCUT2D eigenvalue weighted by Gasteiger charge is -2.29. The maximum Gasteiger partial charge on any atom is 0.174 e. The van der Waals surface area contributed by atoms with E-state index in [-0.39, 0.29) is 12.1 Å². The minimum atomic E-state index is -0.0544. The molecule has 142 valence electrons. The normalized spacial score (nSPS) is 18.6. The highest BCUT2D eigenvalue weighted by Crippen LogP contribution is 2.42. The molecule has 1 aliphatic heterocycles. The molecule has 0 amide bonds. The minimum absolute atomic E-state index is 0.0324. The number of hydrogen-bond donors (Lipinski definition) is 1. The summed E-state index contributed by atoms with van der Waals surface area (Å²) in [6.45, 7) is 0. The van der Waals surface area contributed by atoms with Crippen LogP contribution in [0.25, 0.3) is 5.69 Å². The third-order valence-electron chi connectivity index (χ3n) is 5.25. The van der Waals surface area contributed by atoms with Crippen molar-refractivity contribution in [2.75, 3.05) is 4.90 Å². The molecule has 0 bridgehead atoms. The molecular formula is C24H20N4S. The Balaban J connectivity index is 1.67. The van der Waals surface area contributed by atoms with Crippen LogP contribution in [0.1, 0.15) is 23.5 Å². The molecule has 2 aromatic carbocycles. The van der Waals surface area contributed by atoms with E-state index in [0.29, 0.717) is 5.11 Å². The van der Waals surface area contributed by atoms with E-state index in [9.17, 15) is 0 Å². The van der Waals surface area contributed by atoms with E-state index in [1.54, 1.807) is 0 Å². The second-order valence-electron chi connectivity index (χ2n) is 6.97. The van der Waals surface area contributed by atoms with E-state index in [4.69, 9.17) is 12.2 Å². The Kier molecular flexibility index (Phi) is 4.58. The van der Waals surface area contributed by atoms with Crippen molar-refractivity contribution in [3.05, 3.63) is 115 Å². The predicted molar refractivity (Wildman–Crippen MR) is 120 cm³/mol. The lowest BCUT2D eigenvalue weighted by atomic mass is 10.0. The third kappa shape index (κ3) is 3.19. The first kappa shape index (κ1) is 17.6. The number of nitrogens with zero attached hydrogens (tertiary/aromatic N) is 3. The van der Waals surface area contributed by atoms with Gasteiger partial charge in [0.15, 0.2) is 5.11 Å². The molecule has 2 aromatic heterocycles. The Morgan fingerprint density at radius 1 is 0.759 bits per heavy atom. The molecule has 5 rings (SSSR count). The molecule has 0 radical (unpaired) electrons. The number of para-hydroxylation sites is 2. The molecule has 0 unspecified atom stereocenters. The Labute approximate surface area is 175 Å². The van der Waals surface area contributed by atoms with Gasteiger partial charge in [-0.1, -0.05) is 42.5 Å². The number of aromatic nitrogens is 2. The number of hydrogen-bond acceptors (Lipinski definition) is 2. The van der Waals surface area contributed by atoms with Crippen molar-refractivity contribution in [1.29, 1.82) is 0 Å². The zero-order valence-electron chi connectivity index (χ0n) is 15.7. The molecule has 0 saturated carbocycles. The molecule has 3 heterocycles. The number of anilines is 1. The standard InChI is InChI=1S/C24H20N4S/c29-24-26-22(20-14-7-8-16-25-20)23(28(24)19-12-5-2-6-13-19)21-15-9-17-27(21)18-10-3-1-4-11-18/h1-17,22-23H,(H,26,29)/t22-,23+/m0/s1. The Morgan fingerprint density at radius 3 is 2.14 bits per heavy atom. The monoisotopic (exact) mass is 396 g/mol. The van der Waals surface area contributed by atoms with Gasteiger partial charge < -0.3 is 14.8 Å². The summed E-state index contributed by atoms with van der Waals surface area (Å²) in [4.78, 5) is 6.83. The van der Waals surface area contributed by atoms with Crippen molar-refractivity contribution in [3.63, 3.8) is 0 Å². The molecule has 1 fully saturated rings. The van der Waals surface area contributed by atoms with Gasteiger partial charge >= 0.3 is 0 Å². The summed E-state index contributed by atoms with van der Waals surface area (Å²) in [6.07, 6.45) is 3.93. The van der Waals surface area contributed by atoms with Crippen molar-refractivity contribution in [2.24, 2.45) is 0 Å². The zero-order valence-corrected chi connectivity index (χ0v) is 16.5. The van der Waals surface area contributed by atoms with Crippen molar-refractivity contribution in [1.82, 2.24) is 14.9 Å². The van der Waals surface area contributed by atoms with Crippen LogP contribution in [-0.2, 0) is 0 Å². The number of benzene rings is 2. The second-order valence-corrected chi connectivity index (χ2v) is 7.36. The first-order chi connectivity index (χ1) is 14.3. The van der Waals surface area contributed by atoms with Crippen LogP contribution in [0.5, 0.6) is 0 Å². The fourth-order valence-corrected chi connectivity index (χ4v) is 4.33. The van der Waals surface area contributed by atoms with E-state index < -0.39 is 0 Å². The molecule has 4 aromatic rings. The summed E-state index contributed by atoms with van der Waals surface area (Å²) in [7, 11) is 0. The van der Waals surface area contributed by atoms with E-state index in [2.05, 4.69) is 80.6 Å². The van der Waals surface area contributed by atoms with Crippen molar-refractivity contribution in [2.45, 2.75) is 12.1 Å². The van der Waals surface area contributed by atoms with Gasteiger partial charge in [-0.15, -0.1) is 0 Å².